The largest absolute Gasteiger partial charge is 0.349 e. The molecule has 1 saturated carbocycles. The minimum atomic E-state index is -0.0791. The molecule has 1 aromatic heterocycles. The van der Waals surface area contributed by atoms with Gasteiger partial charge in [0.15, 0.2) is 0 Å². The van der Waals surface area contributed by atoms with Gasteiger partial charge in [0, 0.05) is 26.6 Å². The predicted octanol–water partition coefficient (Wildman–Crippen LogP) is 1.33. The Morgan fingerprint density at radius 2 is 1.92 bits per heavy atom. The third-order valence-electron chi connectivity index (χ3n) is 4.95. The molecule has 1 N–H and O–H groups in total. The molecule has 0 radical (unpaired) electrons. The zero-order valence-electron chi connectivity index (χ0n) is 14.7. The van der Waals surface area contributed by atoms with Crippen molar-refractivity contribution in [3.8, 4) is 0 Å². The smallest absolute Gasteiger partial charge is 0.328 e. The lowest BCUT2D eigenvalue weighted by molar-refractivity contribution is -0.124. The van der Waals surface area contributed by atoms with E-state index in [-0.39, 0.29) is 17.1 Å². The van der Waals surface area contributed by atoms with E-state index in [9.17, 15) is 9.59 Å². The Morgan fingerprint density at radius 1 is 1.25 bits per heavy atom. The Morgan fingerprint density at radius 3 is 2.50 bits per heavy atom. The Hall–Kier alpha value is -2.08. The van der Waals surface area contributed by atoms with Crippen LogP contribution in [-0.2, 0) is 18.4 Å². The normalized spacial score (nSPS) is 16.3. The number of hydrogen-bond donors (Lipinski definition) is 1. The summed E-state index contributed by atoms with van der Waals surface area (Å²) < 4.78 is 3.32. The Bertz CT molecular complexity index is 799. The second kappa shape index (κ2) is 6.43. The highest BCUT2D eigenvalue weighted by molar-refractivity contribution is 5.78. The first-order chi connectivity index (χ1) is 11.4. The maximum absolute atomic E-state index is 12.4. The maximum atomic E-state index is 12.4. The fourth-order valence-electron chi connectivity index (χ4n) is 3.68. The van der Waals surface area contributed by atoms with Crippen LogP contribution < -0.4 is 11.0 Å². The first-order valence-electron chi connectivity index (χ1n) is 8.52. The molecule has 0 spiro atoms. The molecule has 6 nitrogen and oxygen atoms in total. The summed E-state index contributed by atoms with van der Waals surface area (Å²) in [5, 5.41) is 3.20. The number of likely N-dealkylation sites (N-methyl/N-ethyl adjacent to an activating group) is 1. The van der Waals surface area contributed by atoms with Gasteiger partial charge in [0.2, 0.25) is 5.91 Å². The van der Waals surface area contributed by atoms with Crippen LogP contribution in [-0.4, -0.2) is 46.1 Å². The molecule has 0 aliphatic heterocycles. The summed E-state index contributed by atoms with van der Waals surface area (Å²) >= 11 is 0. The van der Waals surface area contributed by atoms with E-state index < -0.39 is 0 Å². The van der Waals surface area contributed by atoms with Gasteiger partial charge >= 0.3 is 5.69 Å². The van der Waals surface area contributed by atoms with Crippen molar-refractivity contribution < 1.29 is 4.79 Å². The van der Waals surface area contributed by atoms with E-state index in [0.29, 0.717) is 13.0 Å². The summed E-state index contributed by atoms with van der Waals surface area (Å²) in [7, 11) is 5.82. The number of imidazole rings is 1. The van der Waals surface area contributed by atoms with E-state index in [2.05, 4.69) is 10.2 Å². The molecule has 24 heavy (non-hydrogen) atoms. The van der Waals surface area contributed by atoms with E-state index in [1.165, 1.54) is 0 Å². The number of aryl methyl sites for hydroxylation is 2. The summed E-state index contributed by atoms with van der Waals surface area (Å²) in [6, 6.07) is 7.68. The summed E-state index contributed by atoms with van der Waals surface area (Å²) in [4.78, 5) is 26.9. The van der Waals surface area contributed by atoms with Crippen LogP contribution in [0.4, 0.5) is 0 Å². The van der Waals surface area contributed by atoms with Crippen LogP contribution in [0.15, 0.2) is 29.1 Å². The number of rotatable bonds is 6. The van der Waals surface area contributed by atoms with E-state index in [0.717, 1.165) is 36.8 Å². The molecule has 2 aromatic rings. The van der Waals surface area contributed by atoms with E-state index in [4.69, 9.17) is 0 Å². The summed E-state index contributed by atoms with van der Waals surface area (Å²) in [5.41, 5.74) is 1.62. The first kappa shape index (κ1) is 16.8. The minimum Gasteiger partial charge on any atom is -0.349 e. The molecule has 0 saturated heterocycles. The van der Waals surface area contributed by atoms with Crippen molar-refractivity contribution in [1.29, 1.82) is 0 Å². The first-order valence-corrected chi connectivity index (χ1v) is 8.52. The van der Waals surface area contributed by atoms with Crippen molar-refractivity contribution in [2.75, 3.05) is 20.6 Å². The monoisotopic (exact) mass is 330 g/mol. The highest BCUT2D eigenvalue weighted by Gasteiger charge is 2.38. The lowest BCUT2D eigenvalue weighted by Gasteiger charge is -2.44. The van der Waals surface area contributed by atoms with Crippen molar-refractivity contribution in [2.45, 2.75) is 37.8 Å². The number of nitrogens with one attached hydrogen (secondary N) is 1. The van der Waals surface area contributed by atoms with E-state index >= 15 is 0 Å². The maximum Gasteiger partial charge on any atom is 0.328 e. The van der Waals surface area contributed by atoms with Gasteiger partial charge in [0.25, 0.3) is 0 Å². The standard InChI is InChI=1S/C18H26N4O2/c1-20(2)13-18(10-6-11-18)19-16(23)9-12-22-15-8-5-4-7-14(15)21(3)17(22)24/h4-5,7-8H,6,9-13H2,1-3H3,(H,19,23). The second-order valence-electron chi connectivity index (χ2n) is 7.15. The molecule has 6 heteroatoms. The van der Waals surface area contributed by atoms with Crippen LogP contribution in [0.3, 0.4) is 0 Å². The van der Waals surface area contributed by atoms with Crippen LogP contribution in [0.2, 0.25) is 0 Å². The number of benzene rings is 1. The molecule has 3 rings (SSSR count). The quantitative estimate of drug-likeness (QED) is 0.869. The molecule has 0 unspecified atom stereocenters. The topological polar surface area (TPSA) is 59.3 Å². The lowest BCUT2D eigenvalue weighted by atomic mass is 9.76. The van der Waals surface area contributed by atoms with E-state index in [1.807, 2.05) is 38.4 Å². The summed E-state index contributed by atoms with van der Waals surface area (Å²) in [6.07, 6.45) is 3.55. The molecule has 1 heterocycles. The molecule has 0 bridgehead atoms. The number of nitrogens with zero attached hydrogens (tertiary/aromatic N) is 3. The van der Waals surface area contributed by atoms with Gasteiger partial charge in [0.1, 0.15) is 0 Å². The Labute approximate surface area is 142 Å². The predicted molar refractivity (Wildman–Crippen MR) is 95.1 cm³/mol. The van der Waals surface area contributed by atoms with Crippen molar-refractivity contribution in [3.05, 3.63) is 34.7 Å². The molecule has 1 aliphatic carbocycles. The van der Waals surface area contributed by atoms with Gasteiger partial charge in [-0.3, -0.25) is 13.9 Å². The number of carbonyl (C=O) groups is 1. The summed E-state index contributed by atoms with van der Waals surface area (Å²) in [6.45, 7) is 1.27. The fourth-order valence-corrected chi connectivity index (χ4v) is 3.68. The van der Waals surface area contributed by atoms with Gasteiger partial charge in [-0.25, -0.2) is 4.79 Å². The number of fused-ring (bicyclic) bond motifs is 1. The highest BCUT2D eigenvalue weighted by Crippen LogP contribution is 2.32. The van der Waals surface area contributed by atoms with Crippen LogP contribution in [0, 0.1) is 0 Å². The third-order valence-corrected chi connectivity index (χ3v) is 4.95. The molecule has 1 fully saturated rings. The third kappa shape index (κ3) is 3.11. The molecule has 1 amide bonds. The molecular weight excluding hydrogens is 304 g/mol. The lowest BCUT2D eigenvalue weighted by Crippen LogP contribution is -2.59. The molecular formula is C18H26N4O2. The number of para-hydroxylation sites is 2. The molecule has 1 aromatic carbocycles. The number of hydrogen-bond acceptors (Lipinski definition) is 3. The van der Waals surface area contributed by atoms with Crippen molar-refractivity contribution in [1.82, 2.24) is 19.4 Å². The Kier molecular flexibility index (Phi) is 4.49. The zero-order chi connectivity index (χ0) is 17.3. The van der Waals surface area contributed by atoms with Gasteiger partial charge in [0.05, 0.1) is 16.6 Å². The summed E-state index contributed by atoms with van der Waals surface area (Å²) in [5.74, 6) is 0.0244. The number of carbonyl (C=O) groups excluding carboxylic acids is 1. The van der Waals surface area contributed by atoms with Crippen LogP contribution >= 0.6 is 0 Å². The van der Waals surface area contributed by atoms with Gasteiger partial charge < -0.3 is 10.2 Å². The van der Waals surface area contributed by atoms with Crippen LogP contribution in [0.25, 0.3) is 11.0 Å². The average Bonchev–Trinajstić information content (AvgIpc) is 2.75. The number of amides is 1. The van der Waals surface area contributed by atoms with Crippen molar-refractivity contribution in [2.24, 2.45) is 7.05 Å². The second-order valence-corrected chi connectivity index (χ2v) is 7.15. The van der Waals surface area contributed by atoms with E-state index in [1.54, 1.807) is 16.2 Å². The van der Waals surface area contributed by atoms with Gasteiger partial charge in [-0.1, -0.05) is 12.1 Å². The van der Waals surface area contributed by atoms with Gasteiger partial charge in [-0.2, -0.15) is 0 Å². The van der Waals surface area contributed by atoms with Crippen molar-refractivity contribution in [3.63, 3.8) is 0 Å². The average molecular weight is 330 g/mol. The molecule has 1 aliphatic rings. The molecule has 0 atom stereocenters. The van der Waals surface area contributed by atoms with Crippen LogP contribution in [0.5, 0.6) is 0 Å². The van der Waals surface area contributed by atoms with Gasteiger partial charge in [-0.15, -0.1) is 0 Å². The number of aromatic nitrogens is 2. The van der Waals surface area contributed by atoms with Crippen molar-refractivity contribution >= 4 is 16.9 Å². The fraction of sp³-hybridized carbons (Fsp3) is 0.556. The molecule has 130 valence electrons. The zero-order valence-corrected chi connectivity index (χ0v) is 14.7. The SMILES string of the molecule is CN(C)CC1(NC(=O)CCn2c(=O)n(C)c3ccccc32)CCC1. The van der Waals surface area contributed by atoms with Crippen LogP contribution in [0.1, 0.15) is 25.7 Å². The highest BCUT2D eigenvalue weighted by atomic mass is 16.2. The Balaban J connectivity index is 1.69. The van der Waals surface area contributed by atoms with Gasteiger partial charge in [-0.05, 0) is 45.5 Å². The minimum absolute atomic E-state index is 0.0244.